The number of nitrogens with one attached hydrogen (secondary N) is 1. The Morgan fingerprint density at radius 1 is 1.22 bits per heavy atom. The van der Waals surface area contributed by atoms with Crippen molar-refractivity contribution < 1.29 is 9.53 Å². The van der Waals surface area contributed by atoms with Crippen LogP contribution in [0.15, 0.2) is 42.5 Å². The van der Waals surface area contributed by atoms with Crippen LogP contribution in [0, 0.1) is 0 Å². The second kappa shape index (κ2) is 8.74. The zero-order valence-corrected chi connectivity index (χ0v) is 17.2. The smallest absolute Gasteiger partial charge is 0.261 e. The number of aromatic nitrogens is 1. The molecule has 1 heterocycles. The second-order valence-corrected chi connectivity index (χ2v) is 7.75. The molecule has 1 N–H and O–H groups in total. The fourth-order valence-electron chi connectivity index (χ4n) is 2.69. The molecule has 1 amide bonds. The molecule has 0 saturated heterocycles. The van der Waals surface area contributed by atoms with Gasteiger partial charge in [0.25, 0.3) is 5.91 Å². The van der Waals surface area contributed by atoms with Gasteiger partial charge in [0, 0.05) is 15.5 Å². The lowest BCUT2D eigenvalue weighted by Crippen LogP contribution is -2.12. The van der Waals surface area contributed by atoms with Crippen molar-refractivity contribution in [1.29, 1.82) is 0 Å². The van der Waals surface area contributed by atoms with Crippen molar-refractivity contribution in [2.75, 3.05) is 12.4 Å². The van der Waals surface area contributed by atoms with E-state index in [4.69, 9.17) is 27.9 Å². The van der Waals surface area contributed by atoms with E-state index in [0.717, 1.165) is 29.0 Å². The van der Waals surface area contributed by atoms with Gasteiger partial charge in [0.05, 0.1) is 23.4 Å². The molecule has 0 unspecified atom stereocenters. The number of aryl methyl sites for hydroxylation is 1. The van der Waals surface area contributed by atoms with E-state index in [-0.39, 0.29) is 5.91 Å². The molecule has 140 valence electrons. The van der Waals surface area contributed by atoms with Gasteiger partial charge in [0.1, 0.15) is 5.75 Å². The molecular weight excluding hydrogens is 403 g/mol. The number of carbonyl (C=O) groups is 1. The monoisotopic (exact) mass is 420 g/mol. The first kappa shape index (κ1) is 19.7. The number of carbonyl (C=O) groups excluding carboxylic acids is 1. The minimum Gasteiger partial charge on any atom is -0.496 e. The highest BCUT2D eigenvalue weighted by Gasteiger charge is 2.18. The number of thiazole rings is 1. The van der Waals surface area contributed by atoms with E-state index >= 15 is 0 Å². The Bertz CT molecular complexity index is 972. The third-order valence-electron chi connectivity index (χ3n) is 3.93. The molecule has 0 bridgehead atoms. The lowest BCUT2D eigenvalue weighted by molar-refractivity contribution is 0.102. The maximum atomic E-state index is 12.7. The molecule has 27 heavy (non-hydrogen) atoms. The molecule has 4 nitrogen and oxygen atoms in total. The number of ether oxygens (including phenoxy) is 1. The number of rotatable bonds is 6. The van der Waals surface area contributed by atoms with Gasteiger partial charge in [-0.05, 0) is 36.8 Å². The van der Waals surface area contributed by atoms with Crippen LogP contribution in [0.5, 0.6) is 5.75 Å². The first-order chi connectivity index (χ1) is 13.0. The zero-order chi connectivity index (χ0) is 19.4. The minimum atomic E-state index is -0.266. The van der Waals surface area contributed by atoms with Crippen LogP contribution in [0.1, 0.15) is 28.6 Å². The summed E-state index contributed by atoms with van der Waals surface area (Å²) < 4.78 is 5.26. The van der Waals surface area contributed by atoms with Gasteiger partial charge in [-0.15, -0.1) is 11.3 Å². The number of benzene rings is 2. The van der Waals surface area contributed by atoms with Crippen LogP contribution in [0.3, 0.4) is 0 Å². The van der Waals surface area contributed by atoms with Crippen molar-refractivity contribution in [3.63, 3.8) is 0 Å². The van der Waals surface area contributed by atoms with Crippen molar-refractivity contribution >= 4 is 45.6 Å². The molecule has 0 aliphatic rings. The predicted octanol–water partition coefficient (Wildman–Crippen LogP) is 6.33. The lowest BCUT2D eigenvalue weighted by atomic mass is 10.1. The van der Waals surface area contributed by atoms with Crippen LogP contribution >= 0.6 is 34.5 Å². The molecule has 0 fully saturated rings. The maximum absolute atomic E-state index is 12.7. The fourth-order valence-corrected chi connectivity index (χ4v) is 4.26. The van der Waals surface area contributed by atoms with Crippen LogP contribution < -0.4 is 10.1 Å². The summed E-state index contributed by atoms with van der Waals surface area (Å²) in [5.74, 6) is 0.249. The third kappa shape index (κ3) is 4.43. The van der Waals surface area contributed by atoms with Crippen molar-refractivity contribution in [3.05, 3.63) is 63.0 Å². The summed E-state index contributed by atoms with van der Waals surface area (Å²) in [6.45, 7) is 2.10. The highest BCUT2D eigenvalue weighted by molar-refractivity contribution is 7.16. The second-order valence-electron chi connectivity index (χ2n) is 5.82. The Morgan fingerprint density at radius 2 is 2.00 bits per heavy atom. The number of amides is 1. The first-order valence-corrected chi connectivity index (χ1v) is 10.00. The summed E-state index contributed by atoms with van der Waals surface area (Å²) in [7, 11) is 1.54. The lowest BCUT2D eigenvalue weighted by Gasteiger charge is -2.07. The number of nitrogens with zero attached hydrogens (tertiary/aromatic N) is 1. The van der Waals surface area contributed by atoms with Crippen molar-refractivity contribution in [3.8, 4) is 17.0 Å². The van der Waals surface area contributed by atoms with E-state index in [1.54, 1.807) is 30.3 Å². The Labute approximate surface area is 172 Å². The van der Waals surface area contributed by atoms with Crippen molar-refractivity contribution in [2.45, 2.75) is 19.8 Å². The predicted molar refractivity (Wildman–Crippen MR) is 113 cm³/mol. The molecule has 1 aromatic heterocycles. The first-order valence-electron chi connectivity index (χ1n) is 8.43. The van der Waals surface area contributed by atoms with Gasteiger partial charge in [-0.25, -0.2) is 4.98 Å². The van der Waals surface area contributed by atoms with E-state index in [2.05, 4.69) is 17.2 Å². The van der Waals surface area contributed by atoms with Crippen LogP contribution in [0.4, 0.5) is 5.13 Å². The normalized spacial score (nSPS) is 10.7. The van der Waals surface area contributed by atoms with Gasteiger partial charge in [0.2, 0.25) is 0 Å². The van der Waals surface area contributed by atoms with Crippen molar-refractivity contribution in [2.24, 2.45) is 0 Å². The van der Waals surface area contributed by atoms with Crippen LogP contribution in [0.25, 0.3) is 11.3 Å². The van der Waals surface area contributed by atoms with Gasteiger partial charge in [-0.1, -0.05) is 48.7 Å². The van der Waals surface area contributed by atoms with Gasteiger partial charge in [-0.3, -0.25) is 10.1 Å². The summed E-state index contributed by atoms with van der Waals surface area (Å²) >= 11 is 13.8. The SMILES string of the molecule is CCCc1sc(NC(=O)c2ccccc2OC)nc1-c1ccc(Cl)cc1Cl. The van der Waals surface area contributed by atoms with Gasteiger partial charge >= 0.3 is 0 Å². The maximum Gasteiger partial charge on any atom is 0.261 e. The Kier molecular flexibility index (Phi) is 6.37. The quantitative estimate of drug-likeness (QED) is 0.506. The molecule has 2 aromatic carbocycles. The highest BCUT2D eigenvalue weighted by Crippen LogP contribution is 2.37. The Morgan fingerprint density at radius 3 is 2.70 bits per heavy atom. The summed E-state index contributed by atoms with van der Waals surface area (Å²) in [6, 6.07) is 12.4. The molecule has 0 spiro atoms. The van der Waals surface area contributed by atoms with Gasteiger partial charge < -0.3 is 4.74 Å². The number of halogens is 2. The van der Waals surface area contributed by atoms with Gasteiger partial charge in [0.15, 0.2) is 5.13 Å². The van der Waals surface area contributed by atoms with E-state index in [1.807, 2.05) is 12.1 Å². The summed E-state index contributed by atoms with van der Waals surface area (Å²) in [5, 5.41) is 4.50. The number of methoxy groups -OCH3 is 1. The molecule has 3 rings (SSSR count). The molecule has 0 radical (unpaired) electrons. The number of hydrogen-bond acceptors (Lipinski definition) is 4. The molecule has 3 aromatic rings. The topological polar surface area (TPSA) is 51.2 Å². The van der Waals surface area contributed by atoms with E-state index in [9.17, 15) is 4.79 Å². The van der Waals surface area contributed by atoms with E-state index < -0.39 is 0 Å². The van der Waals surface area contributed by atoms with E-state index in [1.165, 1.54) is 18.4 Å². The third-order valence-corrected chi connectivity index (χ3v) is 5.51. The molecular formula is C20H18Cl2N2O2S. The fraction of sp³-hybridized carbons (Fsp3) is 0.200. The summed E-state index contributed by atoms with van der Waals surface area (Å²) in [6.07, 6.45) is 1.80. The van der Waals surface area contributed by atoms with E-state index in [0.29, 0.717) is 26.5 Å². The van der Waals surface area contributed by atoms with Crippen LogP contribution in [-0.2, 0) is 6.42 Å². The van der Waals surface area contributed by atoms with Gasteiger partial charge in [-0.2, -0.15) is 0 Å². The summed E-state index contributed by atoms with van der Waals surface area (Å²) in [5.41, 5.74) is 2.04. The standard InChI is InChI=1S/C20H18Cl2N2O2S/c1-3-6-17-18(13-10-9-12(21)11-15(13)22)23-20(27-17)24-19(25)14-7-4-5-8-16(14)26-2/h4-5,7-11H,3,6H2,1-2H3,(H,23,24,25). The largest absolute Gasteiger partial charge is 0.496 e. The Hall–Kier alpha value is -2.08. The highest BCUT2D eigenvalue weighted by atomic mass is 35.5. The minimum absolute atomic E-state index is 0.266. The summed E-state index contributed by atoms with van der Waals surface area (Å²) in [4.78, 5) is 18.3. The number of hydrogen-bond donors (Lipinski definition) is 1. The van der Waals surface area contributed by atoms with Crippen LogP contribution in [0.2, 0.25) is 10.0 Å². The zero-order valence-electron chi connectivity index (χ0n) is 14.9. The Balaban J connectivity index is 1.94. The number of anilines is 1. The molecule has 0 aliphatic heterocycles. The molecule has 7 heteroatoms. The average molecular weight is 421 g/mol. The average Bonchev–Trinajstić information content (AvgIpc) is 3.04. The van der Waals surface area contributed by atoms with Crippen LogP contribution in [-0.4, -0.2) is 18.0 Å². The molecule has 0 aliphatic carbocycles. The molecule has 0 atom stereocenters. The van der Waals surface area contributed by atoms with Crippen molar-refractivity contribution in [1.82, 2.24) is 4.98 Å². The molecule has 0 saturated carbocycles. The number of para-hydroxylation sites is 1.